The number of likely N-dealkylation sites (N-methyl/N-ethyl adjacent to an activating group) is 1. The zero-order chi connectivity index (χ0) is 17.1. The maximum atomic E-state index is 12.1. The molecular weight excluding hydrogens is 304 g/mol. The van der Waals surface area contributed by atoms with Crippen LogP contribution in [-0.4, -0.2) is 26.0 Å². The van der Waals surface area contributed by atoms with Crippen LogP contribution in [0.1, 0.15) is 16.7 Å². The predicted octanol–water partition coefficient (Wildman–Crippen LogP) is 2.07. The van der Waals surface area contributed by atoms with Crippen LogP contribution in [0.15, 0.2) is 42.5 Å². The second kappa shape index (κ2) is 6.74. The molecule has 1 heterocycles. The Morgan fingerprint density at radius 2 is 1.88 bits per heavy atom. The van der Waals surface area contributed by atoms with Gasteiger partial charge >= 0.3 is 0 Å². The Balaban J connectivity index is 1.57. The summed E-state index contributed by atoms with van der Waals surface area (Å²) in [6, 6.07) is 13.4. The largest absolute Gasteiger partial charge is 0.497 e. The first-order valence-corrected chi connectivity index (χ1v) is 7.85. The Kier molecular flexibility index (Phi) is 4.51. The molecule has 1 aliphatic rings. The van der Waals surface area contributed by atoms with Crippen LogP contribution in [0.3, 0.4) is 0 Å². The van der Waals surface area contributed by atoms with Crippen molar-refractivity contribution in [3.63, 3.8) is 0 Å². The van der Waals surface area contributed by atoms with Gasteiger partial charge in [0.2, 0.25) is 11.8 Å². The number of hydrogen-bond donors (Lipinski definition) is 1. The van der Waals surface area contributed by atoms with E-state index in [0.717, 1.165) is 28.1 Å². The van der Waals surface area contributed by atoms with Crippen LogP contribution in [0.4, 0.5) is 5.69 Å². The number of amides is 2. The Labute approximate surface area is 141 Å². The third-order valence-electron chi connectivity index (χ3n) is 4.23. The number of benzene rings is 2. The zero-order valence-corrected chi connectivity index (χ0v) is 13.8. The van der Waals surface area contributed by atoms with Crippen LogP contribution in [0, 0.1) is 0 Å². The van der Waals surface area contributed by atoms with Crippen molar-refractivity contribution in [2.75, 3.05) is 19.1 Å². The minimum Gasteiger partial charge on any atom is -0.497 e. The fourth-order valence-corrected chi connectivity index (χ4v) is 2.83. The summed E-state index contributed by atoms with van der Waals surface area (Å²) >= 11 is 0. The molecule has 0 fully saturated rings. The number of carbonyl (C=O) groups is 2. The van der Waals surface area contributed by atoms with Crippen LogP contribution < -0.4 is 15.0 Å². The highest BCUT2D eigenvalue weighted by Crippen LogP contribution is 2.28. The fraction of sp³-hybridized carbons (Fsp3) is 0.263. The summed E-state index contributed by atoms with van der Waals surface area (Å²) in [7, 11) is 3.40. The molecule has 124 valence electrons. The standard InChI is InChI=1S/C19H20N2O3/c1-21-17-8-5-14(9-15(17)11-19(21)23)10-18(22)20-12-13-3-6-16(24-2)7-4-13/h3-9H,10-12H2,1-2H3,(H,20,22). The Morgan fingerprint density at radius 3 is 2.58 bits per heavy atom. The summed E-state index contributed by atoms with van der Waals surface area (Å²) < 4.78 is 5.11. The van der Waals surface area contributed by atoms with Gasteiger partial charge in [-0.05, 0) is 34.9 Å². The molecule has 5 heteroatoms. The smallest absolute Gasteiger partial charge is 0.231 e. The zero-order valence-electron chi connectivity index (χ0n) is 13.8. The van der Waals surface area contributed by atoms with E-state index in [4.69, 9.17) is 4.74 Å². The second-order valence-corrected chi connectivity index (χ2v) is 5.89. The quantitative estimate of drug-likeness (QED) is 0.916. The molecule has 0 saturated carbocycles. The Hall–Kier alpha value is -2.82. The fourth-order valence-electron chi connectivity index (χ4n) is 2.83. The number of hydrogen-bond acceptors (Lipinski definition) is 3. The number of rotatable bonds is 5. The van der Waals surface area contributed by atoms with Gasteiger partial charge in [0.15, 0.2) is 0 Å². The van der Waals surface area contributed by atoms with E-state index in [0.29, 0.717) is 19.4 Å². The third-order valence-corrected chi connectivity index (χ3v) is 4.23. The molecule has 0 saturated heterocycles. The summed E-state index contributed by atoms with van der Waals surface area (Å²) in [6.45, 7) is 0.481. The van der Waals surface area contributed by atoms with Gasteiger partial charge in [-0.2, -0.15) is 0 Å². The first-order chi connectivity index (χ1) is 11.6. The highest BCUT2D eigenvalue weighted by Gasteiger charge is 2.23. The van der Waals surface area contributed by atoms with Gasteiger partial charge in [0.05, 0.1) is 20.0 Å². The van der Waals surface area contributed by atoms with E-state index in [1.165, 1.54) is 0 Å². The summed E-state index contributed by atoms with van der Waals surface area (Å²) in [5.74, 6) is 0.845. The molecule has 1 aliphatic heterocycles. The summed E-state index contributed by atoms with van der Waals surface area (Å²) in [5.41, 5.74) is 3.86. The molecule has 2 aromatic carbocycles. The van der Waals surface area contributed by atoms with Gasteiger partial charge < -0.3 is 15.0 Å². The van der Waals surface area contributed by atoms with E-state index in [9.17, 15) is 9.59 Å². The predicted molar refractivity (Wildman–Crippen MR) is 92.1 cm³/mol. The Morgan fingerprint density at radius 1 is 1.17 bits per heavy atom. The lowest BCUT2D eigenvalue weighted by atomic mass is 10.1. The molecule has 3 rings (SSSR count). The molecule has 2 amide bonds. The van der Waals surface area contributed by atoms with Crippen molar-refractivity contribution in [1.82, 2.24) is 5.32 Å². The number of nitrogens with one attached hydrogen (secondary N) is 1. The van der Waals surface area contributed by atoms with E-state index in [1.807, 2.05) is 42.5 Å². The SMILES string of the molecule is COc1ccc(CNC(=O)Cc2ccc3c(c2)CC(=O)N3C)cc1. The highest BCUT2D eigenvalue weighted by atomic mass is 16.5. The van der Waals surface area contributed by atoms with Gasteiger partial charge in [0.25, 0.3) is 0 Å². The van der Waals surface area contributed by atoms with Crippen LogP contribution in [0.2, 0.25) is 0 Å². The first kappa shape index (κ1) is 16.1. The van der Waals surface area contributed by atoms with Gasteiger partial charge in [0.1, 0.15) is 5.75 Å². The molecule has 2 aromatic rings. The lowest BCUT2D eigenvalue weighted by Gasteiger charge is -2.11. The van der Waals surface area contributed by atoms with Crippen molar-refractivity contribution in [3.8, 4) is 5.75 Å². The van der Waals surface area contributed by atoms with Crippen LogP contribution >= 0.6 is 0 Å². The van der Waals surface area contributed by atoms with Crippen molar-refractivity contribution >= 4 is 17.5 Å². The Bertz CT molecular complexity index is 769. The topological polar surface area (TPSA) is 58.6 Å². The first-order valence-electron chi connectivity index (χ1n) is 7.85. The molecule has 5 nitrogen and oxygen atoms in total. The van der Waals surface area contributed by atoms with E-state index >= 15 is 0 Å². The van der Waals surface area contributed by atoms with E-state index in [2.05, 4.69) is 5.32 Å². The third kappa shape index (κ3) is 3.40. The van der Waals surface area contributed by atoms with Crippen molar-refractivity contribution in [2.45, 2.75) is 19.4 Å². The van der Waals surface area contributed by atoms with Crippen molar-refractivity contribution < 1.29 is 14.3 Å². The minimum absolute atomic E-state index is 0.0385. The molecular formula is C19H20N2O3. The van der Waals surface area contributed by atoms with Crippen molar-refractivity contribution in [3.05, 3.63) is 59.2 Å². The molecule has 0 spiro atoms. The van der Waals surface area contributed by atoms with Crippen LogP contribution in [0.5, 0.6) is 5.75 Å². The van der Waals surface area contributed by atoms with E-state index < -0.39 is 0 Å². The van der Waals surface area contributed by atoms with Crippen LogP contribution in [0.25, 0.3) is 0 Å². The average molecular weight is 324 g/mol. The van der Waals surface area contributed by atoms with Gasteiger partial charge in [-0.15, -0.1) is 0 Å². The van der Waals surface area contributed by atoms with Gasteiger partial charge in [0, 0.05) is 19.3 Å². The molecule has 0 bridgehead atoms. The number of fused-ring (bicyclic) bond motifs is 1. The van der Waals surface area contributed by atoms with Crippen LogP contribution in [-0.2, 0) is 29.0 Å². The van der Waals surface area contributed by atoms with Gasteiger partial charge in [-0.25, -0.2) is 0 Å². The van der Waals surface area contributed by atoms with Gasteiger partial charge in [-0.1, -0.05) is 24.3 Å². The second-order valence-electron chi connectivity index (χ2n) is 5.89. The normalized spacial score (nSPS) is 12.9. The molecule has 0 unspecified atom stereocenters. The maximum absolute atomic E-state index is 12.1. The molecule has 1 N–H and O–H groups in total. The van der Waals surface area contributed by atoms with E-state index in [-0.39, 0.29) is 11.8 Å². The number of anilines is 1. The summed E-state index contributed by atoms with van der Waals surface area (Å²) in [4.78, 5) is 25.5. The maximum Gasteiger partial charge on any atom is 0.231 e. The minimum atomic E-state index is -0.0385. The molecule has 0 radical (unpaired) electrons. The molecule has 0 aromatic heterocycles. The number of nitrogens with zero attached hydrogens (tertiary/aromatic N) is 1. The lowest BCUT2D eigenvalue weighted by Crippen LogP contribution is -2.24. The molecule has 0 aliphatic carbocycles. The number of carbonyl (C=O) groups excluding carboxylic acids is 2. The molecule has 24 heavy (non-hydrogen) atoms. The van der Waals surface area contributed by atoms with Crippen molar-refractivity contribution in [1.29, 1.82) is 0 Å². The molecule has 0 atom stereocenters. The van der Waals surface area contributed by atoms with E-state index in [1.54, 1.807) is 19.1 Å². The summed E-state index contributed by atoms with van der Waals surface area (Å²) in [5, 5.41) is 2.91. The lowest BCUT2D eigenvalue weighted by molar-refractivity contribution is -0.120. The number of ether oxygens (including phenoxy) is 1. The van der Waals surface area contributed by atoms with Gasteiger partial charge in [-0.3, -0.25) is 9.59 Å². The monoisotopic (exact) mass is 324 g/mol. The number of methoxy groups -OCH3 is 1. The summed E-state index contributed by atoms with van der Waals surface area (Å²) in [6.07, 6.45) is 0.717. The highest BCUT2D eigenvalue weighted by molar-refractivity contribution is 6.01. The average Bonchev–Trinajstić information content (AvgIpc) is 2.87. The van der Waals surface area contributed by atoms with Crippen molar-refractivity contribution in [2.24, 2.45) is 0 Å².